The quantitative estimate of drug-likeness (QED) is 0.382. The second-order valence-electron chi connectivity index (χ2n) is 0.391. The van der Waals surface area contributed by atoms with E-state index in [1.807, 2.05) is 0 Å². The Labute approximate surface area is 35.0 Å². The predicted octanol–water partition coefficient (Wildman–Crippen LogP) is 0.894. The number of rotatable bonds is 0. The molecule has 0 spiro atoms. The van der Waals surface area contributed by atoms with E-state index in [0.717, 1.165) is 0 Å². The van der Waals surface area contributed by atoms with Gasteiger partial charge >= 0.3 is 0 Å². The van der Waals surface area contributed by atoms with E-state index in [4.69, 9.17) is 0 Å². The highest BCUT2D eigenvalue weighted by atomic mass is 32.1. The van der Waals surface area contributed by atoms with E-state index in [1.54, 1.807) is 0 Å². The lowest BCUT2D eigenvalue weighted by atomic mass is 11.3. The minimum Gasteiger partial charge on any atom is -0.0570 e. The molecule has 0 heterocycles. The molecule has 0 nitrogen and oxygen atoms in total. The average molecular weight is 84.1 g/mol. The Balaban J connectivity index is 4.38. The number of hydrogen-bond acceptors (Lipinski definition) is 0. The minimum atomic E-state index is 1.24. The zero-order valence-electron chi connectivity index (χ0n) is 2.82. The van der Waals surface area contributed by atoms with Gasteiger partial charge in [0.2, 0.25) is 0 Å². The summed E-state index contributed by atoms with van der Waals surface area (Å²) in [6, 6.07) is 0. The molecule has 26 valence electrons. The Hall–Kier alpha value is -0.480. The lowest BCUT2D eigenvalue weighted by molar-refractivity contribution is 3.20. The smallest absolute Gasteiger partial charge is 0.0451 e. The standard InChI is InChI=1S/C4H4S/c1-3-5-4-2/h1-2H2. The summed E-state index contributed by atoms with van der Waals surface area (Å²) in [6.07, 6.45) is 0. The molecule has 0 atom stereocenters. The Morgan fingerprint density at radius 3 is 1.60 bits per heavy atom. The molecule has 0 N–H and O–H groups in total. The molecule has 0 unspecified atom stereocenters. The first-order chi connectivity index (χ1) is 2.41. The van der Waals surface area contributed by atoms with Crippen LogP contribution < -0.4 is 0 Å². The van der Waals surface area contributed by atoms with Crippen LogP contribution in [0.5, 0.6) is 0 Å². The van der Waals surface area contributed by atoms with Gasteiger partial charge in [-0.15, -0.1) is 0 Å². The summed E-state index contributed by atoms with van der Waals surface area (Å²) in [7, 11) is 1.24. The van der Waals surface area contributed by atoms with E-state index in [-0.39, 0.29) is 0 Å². The van der Waals surface area contributed by atoms with Gasteiger partial charge in [-0.1, -0.05) is 21.0 Å². The maximum atomic E-state index is 3.29. The molecule has 1 heteroatoms. The lowest BCUT2D eigenvalue weighted by Crippen LogP contribution is -1.19. The van der Waals surface area contributed by atoms with Gasteiger partial charge in [-0.25, -0.2) is 0 Å². The molecule has 0 aliphatic carbocycles. The molecule has 0 aromatic rings. The molecule has 0 fully saturated rings. The third kappa shape index (κ3) is 3.52. The monoisotopic (exact) mass is 84.0 g/mol. The predicted molar refractivity (Wildman–Crippen MR) is 28.9 cm³/mol. The topological polar surface area (TPSA) is 0 Å². The fraction of sp³-hybridized carbons (Fsp3) is 0. The van der Waals surface area contributed by atoms with Gasteiger partial charge in [-0.3, -0.25) is 0 Å². The van der Waals surface area contributed by atoms with Gasteiger partial charge in [0, 0.05) is 0 Å². The molecular formula is C4H4S. The summed E-state index contributed by atoms with van der Waals surface area (Å²) in [5.41, 5.74) is 0. The van der Waals surface area contributed by atoms with Gasteiger partial charge in [0.1, 0.15) is 0 Å². The van der Waals surface area contributed by atoms with Gasteiger partial charge in [0.25, 0.3) is 0 Å². The average Bonchev–Trinajstić information content (AvgIpc) is 1.41. The van der Waals surface area contributed by atoms with Crippen molar-refractivity contribution in [2.24, 2.45) is 0 Å². The van der Waals surface area contributed by atoms with Crippen LogP contribution in [0.2, 0.25) is 0 Å². The summed E-state index contributed by atoms with van der Waals surface area (Å²) in [6.45, 7) is 6.57. The maximum Gasteiger partial charge on any atom is -0.0451 e. The third-order valence-electron chi connectivity index (χ3n) is 0.144. The van der Waals surface area contributed by atoms with Crippen molar-refractivity contribution in [2.75, 3.05) is 0 Å². The van der Waals surface area contributed by atoms with Crippen LogP contribution in [0.1, 0.15) is 0 Å². The van der Waals surface area contributed by atoms with Crippen molar-refractivity contribution in [3.63, 3.8) is 0 Å². The lowest BCUT2D eigenvalue weighted by Gasteiger charge is -1.28. The molecule has 0 aliphatic rings. The minimum absolute atomic E-state index is 1.24. The molecule has 0 aliphatic heterocycles. The van der Waals surface area contributed by atoms with E-state index >= 15 is 0 Å². The fourth-order valence-electron chi connectivity index (χ4n) is 0.0510. The van der Waals surface area contributed by atoms with Crippen molar-refractivity contribution in [3.05, 3.63) is 13.2 Å². The molecule has 0 rings (SSSR count). The third-order valence-corrected chi connectivity index (χ3v) is 0.433. The van der Waals surface area contributed by atoms with Gasteiger partial charge in [0.15, 0.2) is 0 Å². The summed E-state index contributed by atoms with van der Waals surface area (Å²) in [5.74, 6) is 0. The summed E-state index contributed by atoms with van der Waals surface area (Å²) < 4.78 is 0. The summed E-state index contributed by atoms with van der Waals surface area (Å²) in [5, 5.41) is 5.02. The first-order valence-electron chi connectivity index (χ1n) is 1.12. The first kappa shape index (κ1) is 4.52. The van der Waals surface area contributed by atoms with Crippen molar-refractivity contribution in [3.8, 4) is 0 Å². The Morgan fingerprint density at radius 1 is 1.20 bits per heavy atom. The summed E-state index contributed by atoms with van der Waals surface area (Å²) in [4.78, 5) is 0. The number of hydrogen-bond donors (Lipinski definition) is 0. The van der Waals surface area contributed by atoms with Crippen LogP contribution in [0.3, 0.4) is 0 Å². The van der Waals surface area contributed by atoms with Crippen molar-refractivity contribution in [1.82, 2.24) is 0 Å². The Bertz CT molecular complexity index is 95.6. The van der Waals surface area contributed by atoms with Crippen LogP contribution in [-0.2, 0) is 0 Å². The zero-order chi connectivity index (χ0) is 4.12. The maximum absolute atomic E-state index is 3.29. The van der Waals surface area contributed by atoms with Gasteiger partial charge < -0.3 is 0 Å². The molecule has 0 saturated heterocycles. The van der Waals surface area contributed by atoms with Crippen molar-refractivity contribution < 1.29 is 0 Å². The second-order valence-corrected chi connectivity index (χ2v) is 1.17. The van der Waals surface area contributed by atoms with Crippen molar-refractivity contribution in [1.29, 1.82) is 0 Å². The molecular weight excluding hydrogens is 80.1 g/mol. The second kappa shape index (κ2) is 3.52. The van der Waals surface area contributed by atoms with Crippen LogP contribution in [0, 0.1) is 0 Å². The fourth-order valence-corrected chi connectivity index (χ4v) is 0.153. The van der Waals surface area contributed by atoms with Gasteiger partial charge in [0.05, 0.1) is 0 Å². The SMILES string of the molecule is C=C=S=C=C. The van der Waals surface area contributed by atoms with E-state index in [1.165, 1.54) is 10.9 Å². The van der Waals surface area contributed by atoms with Crippen LogP contribution >= 0.6 is 10.9 Å². The van der Waals surface area contributed by atoms with Gasteiger partial charge in [-0.2, -0.15) is 0 Å². The van der Waals surface area contributed by atoms with E-state index in [0.29, 0.717) is 0 Å². The zero-order valence-corrected chi connectivity index (χ0v) is 3.64. The van der Waals surface area contributed by atoms with Crippen LogP contribution in [0.4, 0.5) is 0 Å². The van der Waals surface area contributed by atoms with Crippen molar-refractivity contribution >= 4 is 21.0 Å². The summed E-state index contributed by atoms with van der Waals surface area (Å²) >= 11 is 0. The van der Waals surface area contributed by atoms with Crippen LogP contribution in [-0.4, -0.2) is 10.0 Å². The highest BCUT2D eigenvalue weighted by Gasteiger charge is 1.17. The molecule has 0 amide bonds. The molecule has 0 bridgehead atoms. The normalized spacial score (nSPS) is 4.00. The van der Waals surface area contributed by atoms with E-state index < -0.39 is 0 Å². The highest BCUT2D eigenvalue weighted by molar-refractivity contribution is 7.95. The Kier molecular flexibility index (Phi) is 3.18. The molecule has 0 aromatic carbocycles. The van der Waals surface area contributed by atoms with Gasteiger partial charge in [-0.05, 0) is 13.2 Å². The molecule has 5 heavy (non-hydrogen) atoms. The Morgan fingerprint density at radius 2 is 1.60 bits per heavy atom. The molecule has 0 radical (unpaired) electrons. The van der Waals surface area contributed by atoms with E-state index in [2.05, 4.69) is 23.2 Å². The highest BCUT2D eigenvalue weighted by Crippen LogP contribution is 1.42. The van der Waals surface area contributed by atoms with E-state index in [9.17, 15) is 0 Å². The van der Waals surface area contributed by atoms with Crippen molar-refractivity contribution in [2.45, 2.75) is 0 Å². The largest absolute Gasteiger partial charge is 0.0570 e. The van der Waals surface area contributed by atoms with Crippen LogP contribution in [0.25, 0.3) is 0 Å². The molecule has 0 aromatic heterocycles. The first-order valence-corrected chi connectivity index (χ1v) is 1.93. The molecule has 0 saturated carbocycles. The van der Waals surface area contributed by atoms with Crippen LogP contribution in [0.15, 0.2) is 13.2 Å².